The minimum Gasteiger partial charge on any atom is -0.380 e. The molecule has 3 nitrogen and oxygen atoms in total. The Labute approximate surface area is 94.3 Å². The van der Waals surface area contributed by atoms with Crippen LogP contribution in [-0.2, 0) is 9.47 Å². The summed E-state index contributed by atoms with van der Waals surface area (Å²) in [7, 11) is 3.48. The lowest BCUT2D eigenvalue weighted by molar-refractivity contribution is 0.00447. The molecule has 0 bridgehead atoms. The van der Waals surface area contributed by atoms with Crippen molar-refractivity contribution in [2.75, 3.05) is 14.2 Å². The first-order chi connectivity index (χ1) is 6.96. The molecule has 0 aliphatic heterocycles. The van der Waals surface area contributed by atoms with E-state index in [1.54, 1.807) is 14.2 Å². The van der Waals surface area contributed by atoms with Crippen molar-refractivity contribution in [1.29, 1.82) is 0 Å². The van der Waals surface area contributed by atoms with Crippen molar-refractivity contribution < 1.29 is 9.47 Å². The molecule has 92 valence electrons. The molecule has 2 atom stereocenters. The molecule has 3 heteroatoms. The van der Waals surface area contributed by atoms with Gasteiger partial charge in [-0.3, -0.25) is 0 Å². The number of hydrogen-bond acceptors (Lipinski definition) is 3. The number of rotatable bonds is 8. The zero-order valence-corrected chi connectivity index (χ0v) is 10.9. The minimum absolute atomic E-state index is 0.0812. The predicted molar refractivity (Wildman–Crippen MR) is 64.0 cm³/mol. The van der Waals surface area contributed by atoms with Gasteiger partial charge in [0.1, 0.15) is 0 Å². The van der Waals surface area contributed by atoms with E-state index in [1.165, 1.54) is 0 Å². The predicted octanol–water partition coefficient (Wildman–Crippen LogP) is 2.33. The van der Waals surface area contributed by atoms with Gasteiger partial charge in [0, 0.05) is 20.3 Å². The van der Waals surface area contributed by atoms with Crippen molar-refractivity contribution in [3.05, 3.63) is 0 Å². The lowest BCUT2D eigenvalue weighted by Gasteiger charge is -2.27. The topological polar surface area (TPSA) is 44.5 Å². The highest BCUT2D eigenvalue weighted by molar-refractivity contribution is 4.77. The fraction of sp³-hybridized carbons (Fsp3) is 1.00. The number of ether oxygens (including phenoxy) is 2. The van der Waals surface area contributed by atoms with E-state index in [-0.39, 0.29) is 17.7 Å². The van der Waals surface area contributed by atoms with E-state index < -0.39 is 0 Å². The Hall–Kier alpha value is -0.120. The smallest absolute Gasteiger partial charge is 0.0722 e. The molecular formula is C12H27NO2. The second-order valence-electron chi connectivity index (χ2n) is 4.73. The zero-order valence-electron chi connectivity index (χ0n) is 10.9. The van der Waals surface area contributed by atoms with E-state index in [9.17, 15) is 0 Å². The lowest BCUT2D eigenvalue weighted by Crippen LogP contribution is -2.38. The van der Waals surface area contributed by atoms with E-state index in [2.05, 4.69) is 20.8 Å². The summed E-state index contributed by atoms with van der Waals surface area (Å²) in [5.41, 5.74) is 6.01. The number of methoxy groups -OCH3 is 2. The van der Waals surface area contributed by atoms with Gasteiger partial charge in [-0.2, -0.15) is 0 Å². The molecule has 0 fully saturated rings. The van der Waals surface area contributed by atoms with Crippen molar-refractivity contribution in [3.63, 3.8) is 0 Å². The molecule has 0 amide bonds. The minimum atomic E-state index is -0.0812. The van der Waals surface area contributed by atoms with Crippen LogP contribution in [0.15, 0.2) is 0 Å². The van der Waals surface area contributed by atoms with Gasteiger partial charge in [0.15, 0.2) is 0 Å². The molecule has 0 saturated heterocycles. The average molecular weight is 217 g/mol. The summed E-state index contributed by atoms with van der Waals surface area (Å²) < 4.78 is 10.8. The number of hydrogen-bond donors (Lipinski definition) is 1. The molecule has 0 aromatic carbocycles. The third-order valence-electron chi connectivity index (χ3n) is 2.99. The van der Waals surface area contributed by atoms with E-state index in [0.29, 0.717) is 0 Å². The van der Waals surface area contributed by atoms with E-state index in [1.807, 2.05) is 0 Å². The quantitative estimate of drug-likeness (QED) is 0.678. The van der Waals surface area contributed by atoms with Crippen LogP contribution in [0.4, 0.5) is 0 Å². The maximum atomic E-state index is 6.10. The molecule has 0 aromatic rings. The van der Waals surface area contributed by atoms with E-state index >= 15 is 0 Å². The van der Waals surface area contributed by atoms with Crippen molar-refractivity contribution in [3.8, 4) is 0 Å². The molecule has 0 aliphatic rings. The van der Waals surface area contributed by atoms with Crippen LogP contribution in [0.1, 0.15) is 46.5 Å². The average Bonchev–Trinajstić information content (AvgIpc) is 2.22. The van der Waals surface area contributed by atoms with Crippen molar-refractivity contribution in [1.82, 2.24) is 0 Å². The van der Waals surface area contributed by atoms with Gasteiger partial charge in [-0.05, 0) is 33.1 Å². The van der Waals surface area contributed by atoms with Crippen LogP contribution in [0.5, 0.6) is 0 Å². The third-order valence-corrected chi connectivity index (χ3v) is 2.99. The third kappa shape index (κ3) is 6.13. The van der Waals surface area contributed by atoms with Crippen molar-refractivity contribution in [2.24, 2.45) is 5.73 Å². The normalized spacial score (nSPS) is 16.4. The Bertz CT molecular complexity index is 160. The Morgan fingerprint density at radius 3 is 2.20 bits per heavy atom. The molecule has 0 aromatic heterocycles. The molecule has 15 heavy (non-hydrogen) atoms. The first-order valence-corrected chi connectivity index (χ1v) is 5.80. The van der Waals surface area contributed by atoms with E-state index in [0.717, 1.165) is 25.7 Å². The molecule has 0 saturated carbocycles. The summed E-state index contributed by atoms with van der Waals surface area (Å²) in [4.78, 5) is 0. The summed E-state index contributed by atoms with van der Waals surface area (Å²) in [6.07, 6.45) is 4.24. The van der Waals surface area contributed by atoms with Gasteiger partial charge in [-0.1, -0.05) is 13.3 Å². The molecule has 0 rings (SSSR count). The van der Waals surface area contributed by atoms with Crippen molar-refractivity contribution in [2.45, 2.75) is 64.2 Å². The van der Waals surface area contributed by atoms with Crippen LogP contribution < -0.4 is 5.73 Å². The summed E-state index contributed by atoms with van der Waals surface area (Å²) in [5, 5.41) is 0. The van der Waals surface area contributed by atoms with Crippen LogP contribution in [-0.4, -0.2) is 32.0 Å². The fourth-order valence-corrected chi connectivity index (χ4v) is 1.59. The highest BCUT2D eigenvalue weighted by Gasteiger charge is 2.21. The molecule has 0 heterocycles. The second kappa shape index (κ2) is 7.20. The Balaban J connectivity index is 3.94. The molecule has 0 aliphatic carbocycles. The van der Waals surface area contributed by atoms with Gasteiger partial charge in [0.25, 0.3) is 0 Å². The standard InChI is InChI=1S/C12H27NO2/c1-6-7-11(14-4)10(13)8-9-12(2,3)15-5/h10-11H,6-9,13H2,1-5H3. The first kappa shape index (κ1) is 14.9. The van der Waals surface area contributed by atoms with Crippen LogP contribution in [0.2, 0.25) is 0 Å². The summed E-state index contributed by atoms with van der Waals surface area (Å²) >= 11 is 0. The second-order valence-corrected chi connectivity index (χ2v) is 4.73. The van der Waals surface area contributed by atoms with Crippen LogP contribution >= 0.6 is 0 Å². The highest BCUT2D eigenvalue weighted by atomic mass is 16.5. The summed E-state index contributed by atoms with van der Waals surface area (Å²) in [5.74, 6) is 0. The molecule has 2 unspecified atom stereocenters. The fourth-order valence-electron chi connectivity index (χ4n) is 1.59. The zero-order chi connectivity index (χ0) is 11.9. The van der Waals surface area contributed by atoms with Gasteiger partial charge in [-0.15, -0.1) is 0 Å². The summed E-state index contributed by atoms with van der Waals surface area (Å²) in [6, 6.07) is 0.115. The Morgan fingerprint density at radius 1 is 1.20 bits per heavy atom. The maximum Gasteiger partial charge on any atom is 0.0722 e. The lowest BCUT2D eigenvalue weighted by atomic mass is 9.95. The molecule has 2 N–H and O–H groups in total. The highest BCUT2D eigenvalue weighted by Crippen LogP contribution is 2.18. The van der Waals surface area contributed by atoms with Crippen LogP contribution in [0.3, 0.4) is 0 Å². The molecular weight excluding hydrogens is 190 g/mol. The van der Waals surface area contributed by atoms with Gasteiger partial charge in [0.2, 0.25) is 0 Å². The van der Waals surface area contributed by atoms with Crippen molar-refractivity contribution >= 4 is 0 Å². The SMILES string of the molecule is CCCC(OC)C(N)CCC(C)(C)OC. The van der Waals surface area contributed by atoms with E-state index in [4.69, 9.17) is 15.2 Å². The maximum absolute atomic E-state index is 6.10. The Kier molecular flexibility index (Phi) is 7.14. The summed E-state index contributed by atoms with van der Waals surface area (Å²) in [6.45, 7) is 6.32. The largest absolute Gasteiger partial charge is 0.380 e. The van der Waals surface area contributed by atoms with Gasteiger partial charge in [0.05, 0.1) is 11.7 Å². The monoisotopic (exact) mass is 217 g/mol. The van der Waals surface area contributed by atoms with Crippen LogP contribution in [0, 0.1) is 0 Å². The molecule has 0 spiro atoms. The van der Waals surface area contributed by atoms with Gasteiger partial charge in [-0.25, -0.2) is 0 Å². The van der Waals surface area contributed by atoms with Crippen LogP contribution in [0.25, 0.3) is 0 Å². The Morgan fingerprint density at radius 2 is 1.80 bits per heavy atom. The first-order valence-electron chi connectivity index (χ1n) is 5.80. The van der Waals surface area contributed by atoms with Gasteiger partial charge < -0.3 is 15.2 Å². The van der Waals surface area contributed by atoms with Gasteiger partial charge >= 0.3 is 0 Å². The number of nitrogens with two attached hydrogens (primary N) is 1. The molecule has 0 radical (unpaired) electrons.